The molecule has 1 aliphatic rings. The van der Waals surface area contributed by atoms with Gasteiger partial charge in [0, 0.05) is 5.02 Å². The van der Waals surface area contributed by atoms with Crippen LogP contribution < -0.4 is 29.0 Å². The van der Waals surface area contributed by atoms with E-state index in [1.54, 1.807) is 50.6 Å². The third kappa shape index (κ3) is 5.09. The fraction of sp³-hybridized carbons (Fsp3) is 0.240. The molecule has 0 radical (unpaired) electrons. The van der Waals surface area contributed by atoms with Crippen molar-refractivity contribution in [1.82, 2.24) is 5.32 Å². The molecule has 1 aliphatic heterocycles. The van der Waals surface area contributed by atoms with Gasteiger partial charge >= 0.3 is 0 Å². The summed E-state index contributed by atoms with van der Waals surface area (Å²) in [6.45, 7) is 0.452. The van der Waals surface area contributed by atoms with E-state index in [0.717, 1.165) is 5.56 Å². The third-order valence-corrected chi connectivity index (χ3v) is 5.37. The number of benzene rings is 3. The molecule has 0 spiro atoms. The van der Waals surface area contributed by atoms with Gasteiger partial charge in [-0.2, -0.15) is 0 Å². The van der Waals surface area contributed by atoms with Gasteiger partial charge in [0.1, 0.15) is 6.61 Å². The van der Waals surface area contributed by atoms with Gasteiger partial charge in [0.2, 0.25) is 11.9 Å². The molecule has 0 saturated heterocycles. The molecule has 0 fully saturated rings. The van der Waals surface area contributed by atoms with Crippen LogP contribution in [0.25, 0.3) is 0 Å². The summed E-state index contributed by atoms with van der Waals surface area (Å²) in [6, 6.07) is 19.8. The Bertz CT molecular complexity index is 1080. The Morgan fingerprint density at radius 2 is 1.55 bits per heavy atom. The minimum Gasteiger partial charge on any atom is -0.493 e. The summed E-state index contributed by atoms with van der Waals surface area (Å²) >= 11 is 6.03. The van der Waals surface area contributed by atoms with E-state index in [2.05, 4.69) is 5.32 Å². The number of carbonyl (C=O) groups is 1. The minimum absolute atomic E-state index is 0.207. The monoisotopic (exact) mass is 469 g/mol. The number of nitrogens with one attached hydrogen (secondary N) is 1. The van der Waals surface area contributed by atoms with E-state index in [1.165, 1.54) is 0 Å². The van der Waals surface area contributed by atoms with Crippen molar-refractivity contribution in [2.75, 3.05) is 27.4 Å². The molecule has 1 heterocycles. The number of carbonyl (C=O) groups excluding carboxylic acids is 1. The first-order chi connectivity index (χ1) is 16.1. The number of hydrogen-bond donors (Lipinski definition) is 1. The highest BCUT2D eigenvalue weighted by molar-refractivity contribution is 6.30. The fourth-order valence-electron chi connectivity index (χ4n) is 3.52. The zero-order valence-corrected chi connectivity index (χ0v) is 19.0. The van der Waals surface area contributed by atoms with Crippen molar-refractivity contribution in [1.29, 1.82) is 0 Å². The second-order valence-corrected chi connectivity index (χ2v) is 7.64. The molecule has 7 nitrogen and oxygen atoms in total. The average Bonchev–Trinajstić information content (AvgIpc) is 2.86. The minimum atomic E-state index is -0.887. The normalized spacial score (nSPS) is 16.6. The van der Waals surface area contributed by atoms with Crippen LogP contribution in [0.2, 0.25) is 5.02 Å². The van der Waals surface area contributed by atoms with Crippen molar-refractivity contribution in [2.24, 2.45) is 0 Å². The summed E-state index contributed by atoms with van der Waals surface area (Å²) in [5, 5.41) is 3.46. The predicted octanol–water partition coefficient (Wildman–Crippen LogP) is 4.43. The van der Waals surface area contributed by atoms with Crippen molar-refractivity contribution in [2.45, 2.75) is 12.2 Å². The van der Waals surface area contributed by atoms with Crippen molar-refractivity contribution in [3.63, 3.8) is 0 Å². The summed E-state index contributed by atoms with van der Waals surface area (Å²) in [5.41, 5.74) is 0.782. The molecule has 0 saturated carbocycles. The Hall–Kier alpha value is -3.58. The molecule has 4 rings (SSSR count). The smallest absolute Gasteiger partial charge is 0.265 e. The molecule has 172 valence electrons. The molecule has 0 aromatic heterocycles. The second kappa shape index (κ2) is 10.4. The maximum atomic E-state index is 13.1. The SMILES string of the molecule is COc1cccc(OC)c1OCCNC(=O)[C@H]1Oc2ccccc2O[C@@H]1c1ccc(Cl)cc1. The molecule has 1 N–H and O–H groups in total. The van der Waals surface area contributed by atoms with Gasteiger partial charge in [-0.3, -0.25) is 4.79 Å². The average molecular weight is 470 g/mol. The van der Waals surface area contributed by atoms with Crippen molar-refractivity contribution >= 4 is 17.5 Å². The molecule has 0 unspecified atom stereocenters. The summed E-state index contributed by atoms with van der Waals surface area (Å²) < 4.78 is 28.6. The second-order valence-electron chi connectivity index (χ2n) is 7.21. The van der Waals surface area contributed by atoms with Crippen LogP contribution in [0.15, 0.2) is 66.7 Å². The molecule has 3 aromatic rings. The number of hydrogen-bond acceptors (Lipinski definition) is 6. The van der Waals surface area contributed by atoms with Crippen LogP contribution in [-0.2, 0) is 4.79 Å². The number of ether oxygens (including phenoxy) is 5. The molecule has 8 heteroatoms. The van der Waals surface area contributed by atoms with E-state index in [0.29, 0.717) is 33.8 Å². The van der Waals surface area contributed by atoms with E-state index in [4.69, 9.17) is 35.3 Å². The molecule has 33 heavy (non-hydrogen) atoms. The lowest BCUT2D eigenvalue weighted by molar-refractivity contribution is -0.134. The highest BCUT2D eigenvalue weighted by Crippen LogP contribution is 2.40. The molecular weight excluding hydrogens is 446 g/mol. The zero-order chi connectivity index (χ0) is 23.2. The highest BCUT2D eigenvalue weighted by atomic mass is 35.5. The van der Waals surface area contributed by atoms with Gasteiger partial charge in [-0.25, -0.2) is 0 Å². The lowest BCUT2D eigenvalue weighted by atomic mass is 10.0. The first-order valence-electron chi connectivity index (χ1n) is 10.4. The van der Waals surface area contributed by atoms with E-state index < -0.39 is 12.2 Å². The first-order valence-corrected chi connectivity index (χ1v) is 10.8. The van der Waals surface area contributed by atoms with Crippen LogP contribution in [0, 0.1) is 0 Å². The first kappa shape index (κ1) is 22.6. The predicted molar refractivity (Wildman–Crippen MR) is 124 cm³/mol. The fourth-order valence-corrected chi connectivity index (χ4v) is 3.64. The molecule has 1 amide bonds. The Morgan fingerprint density at radius 1 is 0.909 bits per heavy atom. The van der Waals surface area contributed by atoms with Gasteiger partial charge in [0.15, 0.2) is 29.1 Å². The van der Waals surface area contributed by atoms with Gasteiger partial charge in [-0.1, -0.05) is 41.9 Å². The van der Waals surface area contributed by atoms with Crippen molar-refractivity contribution < 1.29 is 28.5 Å². The molecule has 0 aliphatic carbocycles. The lowest BCUT2D eigenvalue weighted by Crippen LogP contribution is -2.46. The van der Waals surface area contributed by atoms with Gasteiger partial charge in [0.25, 0.3) is 5.91 Å². The van der Waals surface area contributed by atoms with Crippen molar-refractivity contribution in [3.8, 4) is 28.7 Å². The number of fused-ring (bicyclic) bond motifs is 1. The molecule has 3 aromatic carbocycles. The quantitative estimate of drug-likeness (QED) is 0.492. The number of amides is 1. The molecular formula is C25H24ClNO6. The van der Waals surface area contributed by atoms with Gasteiger partial charge < -0.3 is 29.0 Å². The van der Waals surface area contributed by atoms with Gasteiger partial charge in [0.05, 0.1) is 20.8 Å². The van der Waals surface area contributed by atoms with E-state index in [-0.39, 0.29) is 19.1 Å². The van der Waals surface area contributed by atoms with Gasteiger partial charge in [-0.15, -0.1) is 0 Å². The Morgan fingerprint density at radius 3 is 2.18 bits per heavy atom. The van der Waals surface area contributed by atoms with Crippen LogP contribution in [0.1, 0.15) is 11.7 Å². The zero-order valence-electron chi connectivity index (χ0n) is 18.2. The number of methoxy groups -OCH3 is 2. The van der Waals surface area contributed by atoms with Crippen LogP contribution in [0.3, 0.4) is 0 Å². The highest BCUT2D eigenvalue weighted by Gasteiger charge is 2.38. The number of para-hydroxylation sites is 3. The maximum Gasteiger partial charge on any atom is 0.265 e. The van der Waals surface area contributed by atoms with E-state index in [1.807, 2.05) is 30.3 Å². The summed E-state index contributed by atoms with van der Waals surface area (Å²) in [6.07, 6.45) is -1.52. The Labute approximate surface area is 197 Å². The summed E-state index contributed by atoms with van der Waals surface area (Å²) in [5.74, 6) is 2.33. The Kier molecular flexibility index (Phi) is 7.10. The summed E-state index contributed by atoms with van der Waals surface area (Å²) in [4.78, 5) is 13.1. The standard InChI is InChI=1S/C25H24ClNO6/c1-29-20-8-5-9-21(30-2)23(20)31-15-14-27-25(28)24-22(16-10-12-17(26)13-11-16)32-18-6-3-4-7-19(18)33-24/h3-13,22,24H,14-15H2,1-2H3,(H,27,28)/t22-,24+/m1/s1. The molecule has 0 bridgehead atoms. The Balaban J connectivity index is 1.44. The third-order valence-electron chi connectivity index (χ3n) is 5.12. The van der Waals surface area contributed by atoms with Crippen molar-refractivity contribution in [3.05, 3.63) is 77.3 Å². The lowest BCUT2D eigenvalue weighted by Gasteiger charge is -2.33. The van der Waals surface area contributed by atoms with Crippen LogP contribution in [0.4, 0.5) is 0 Å². The summed E-state index contributed by atoms with van der Waals surface area (Å²) in [7, 11) is 3.11. The van der Waals surface area contributed by atoms with Crippen LogP contribution in [0.5, 0.6) is 28.7 Å². The number of halogens is 1. The van der Waals surface area contributed by atoms with E-state index >= 15 is 0 Å². The maximum absolute atomic E-state index is 13.1. The number of rotatable bonds is 8. The van der Waals surface area contributed by atoms with E-state index in [9.17, 15) is 4.79 Å². The van der Waals surface area contributed by atoms with Crippen LogP contribution >= 0.6 is 11.6 Å². The van der Waals surface area contributed by atoms with Crippen LogP contribution in [-0.4, -0.2) is 39.4 Å². The topological polar surface area (TPSA) is 75.2 Å². The van der Waals surface area contributed by atoms with Gasteiger partial charge in [-0.05, 0) is 42.0 Å². The largest absolute Gasteiger partial charge is 0.493 e. The molecule has 2 atom stereocenters.